The SMILES string of the molecule is COC(=O)c1ccc(Br)cc1C.COC(=O)c1ccc(C2CC2)cc1C.Cc1cc(C2CC2)ccc1C(=O)O. The summed E-state index contributed by atoms with van der Waals surface area (Å²) in [5.41, 5.74) is 7.16. The topological polar surface area (TPSA) is 89.9 Å². The molecule has 2 saturated carbocycles. The fraction of sp³-hybridized carbons (Fsp3) is 0.344. The van der Waals surface area contributed by atoms with Gasteiger partial charge in [0.15, 0.2) is 0 Å². The van der Waals surface area contributed by atoms with E-state index in [9.17, 15) is 14.4 Å². The third-order valence-electron chi connectivity index (χ3n) is 6.83. The van der Waals surface area contributed by atoms with Gasteiger partial charge in [-0.1, -0.05) is 40.2 Å². The van der Waals surface area contributed by atoms with Gasteiger partial charge >= 0.3 is 17.9 Å². The van der Waals surface area contributed by atoms with Gasteiger partial charge in [-0.15, -0.1) is 0 Å². The maximum atomic E-state index is 11.3. The van der Waals surface area contributed by atoms with Gasteiger partial charge in [-0.25, -0.2) is 14.4 Å². The van der Waals surface area contributed by atoms with Crippen molar-refractivity contribution in [2.24, 2.45) is 0 Å². The molecular weight excluding hydrogens is 560 g/mol. The molecule has 39 heavy (non-hydrogen) atoms. The minimum atomic E-state index is -0.833. The predicted molar refractivity (Wildman–Crippen MR) is 155 cm³/mol. The van der Waals surface area contributed by atoms with Crippen molar-refractivity contribution in [3.05, 3.63) is 104 Å². The molecular formula is C32H35BrO6. The number of hydrogen-bond donors (Lipinski definition) is 1. The molecule has 0 unspecified atom stereocenters. The van der Waals surface area contributed by atoms with Crippen molar-refractivity contribution in [2.45, 2.75) is 58.3 Å². The van der Waals surface area contributed by atoms with Crippen LogP contribution in [-0.4, -0.2) is 37.2 Å². The number of ether oxygens (including phenoxy) is 2. The first kappa shape index (κ1) is 30.1. The summed E-state index contributed by atoms with van der Waals surface area (Å²) in [7, 11) is 2.79. The Morgan fingerprint density at radius 2 is 1.05 bits per heavy atom. The van der Waals surface area contributed by atoms with E-state index in [1.54, 1.807) is 12.1 Å². The quantitative estimate of drug-likeness (QED) is 0.303. The van der Waals surface area contributed by atoms with Crippen LogP contribution in [0.1, 0.15) is 96.4 Å². The van der Waals surface area contributed by atoms with Crippen LogP contribution >= 0.6 is 15.9 Å². The first-order valence-electron chi connectivity index (χ1n) is 12.9. The van der Waals surface area contributed by atoms with E-state index in [1.807, 2.05) is 57.2 Å². The Balaban J connectivity index is 0.000000162. The van der Waals surface area contributed by atoms with Crippen molar-refractivity contribution < 1.29 is 29.0 Å². The summed E-state index contributed by atoms with van der Waals surface area (Å²) in [6.07, 6.45) is 5.09. The number of halogens is 1. The fourth-order valence-electron chi connectivity index (χ4n) is 4.26. The number of benzene rings is 3. The number of aromatic carboxylic acids is 1. The summed E-state index contributed by atoms with van der Waals surface area (Å²) in [5.74, 6) is 0.0617. The van der Waals surface area contributed by atoms with Crippen LogP contribution in [0.4, 0.5) is 0 Å². The summed E-state index contributed by atoms with van der Waals surface area (Å²) in [6, 6.07) is 17.1. The lowest BCUT2D eigenvalue weighted by Crippen LogP contribution is -2.03. The van der Waals surface area contributed by atoms with Gasteiger partial charge in [-0.05, 0) is 116 Å². The lowest BCUT2D eigenvalue weighted by molar-refractivity contribution is 0.0591. The van der Waals surface area contributed by atoms with Crippen molar-refractivity contribution in [1.82, 2.24) is 0 Å². The van der Waals surface area contributed by atoms with E-state index in [1.165, 1.54) is 51.0 Å². The van der Waals surface area contributed by atoms with Crippen molar-refractivity contribution in [3.63, 3.8) is 0 Å². The predicted octanol–water partition coefficient (Wildman–Crippen LogP) is 7.77. The Morgan fingerprint density at radius 3 is 1.38 bits per heavy atom. The maximum Gasteiger partial charge on any atom is 0.338 e. The minimum absolute atomic E-state index is 0.246. The number of hydrogen-bond acceptors (Lipinski definition) is 5. The lowest BCUT2D eigenvalue weighted by Gasteiger charge is -2.05. The third-order valence-corrected chi connectivity index (χ3v) is 7.32. The summed E-state index contributed by atoms with van der Waals surface area (Å²) in [6.45, 7) is 5.68. The number of aryl methyl sites for hydroxylation is 3. The van der Waals surface area contributed by atoms with E-state index in [0.717, 1.165) is 27.1 Å². The molecule has 0 spiro atoms. The molecule has 7 heteroatoms. The van der Waals surface area contributed by atoms with E-state index in [2.05, 4.69) is 26.7 Å². The lowest BCUT2D eigenvalue weighted by atomic mass is 10.0. The molecule has 2 aliphatic carbocycles. The zero-order valence-corrected chi connectivity index (χ0v) is 24.6. The van der Waals surface area contributed by atoms with Crippen molar-refractivity contribution in [1.29, 1.82) is 0 Å². The number of esters is 2. The van der Waals surface area contributed by atoms with E-state index in [-0.39, 0.29) is 11.9 Å². The van der Waals surface area contributed by atoms with Crippen LogP contribution in [0.25, 0.3) is 0 Å². The van der Waals surface area contributed by atoms with Crippen molar-refractivity contribution in [2.75, 3.05) is 14.2 Å². The van der Waals surface area contributed by atoms with Gasteiger partial charge in [-0.3, -0.25) is 0 Å². The molecule has 3 aromatic rings. The van der Waals surface area contributed by atoms with Crippen LogP contribution in [-0.2, 0) is 9.47 Å². The van der Waals surface area contributed by atoms with Crippen LogP contribution in [0, 0.1) is 20.8 Å². The van der Waals surface area contributed by atoms with Crippen LogP contribution < -0.4 is 0 Å². The molecule has 206 valence electrons. The van der Waals surface area contributed by atoms with Gasteiger partial charge < -0.3 is 14.6 Å². The first-order valence-corrected chi connectivity index (χ1v) is 13.7. The number of carboxylic acid groups (broad SMARTS) is 1. The Hall–Kier alpha value is -3.45. The maximum absolute atomic E-state index is 11.3. The highest BCUT2D eigenvalue weighted by Crippen LogP contribution is 2.41. The Kier molecular flexibility index (Phi) is 10.5. The molecule has 0 amide bonds. The molecule has 1 N–H and O–H groups in total. The van der Waals surface area contributed by atoms with Gasteiger partial charge in [0.05, 0.1) is 30.9 Å². The fourth-order valence-corrected chi connectivity index (χ4v) is 4.74. The van der Waals surface area contributed by atoms with Gasteiger partial charge in [0.2, 0.25) is 0 Å². The highest BCUT2D eigenvalue weighted by molar-refractivity contribution is 9.10. The standard InChI is InChI=1S/C12H14O2.C11H12O2.C9H9BrO2/c1-8-7-10(9-3-4-9)5-6-11(8)12(13)14-2;1-7-6-9(8-2-3-8)4-5-10(7)11(12)13;1-6-5-7(10)3-4-8(6)9(11)12-2/h5-7,9H,3-4H2,1-2H3;4-6,8H,2-3H2,1H3,(H,12,13);3-5H,1-2H3. The number of carboxylic acids is 1. The van der Waals surface area contributed by atoms with E-state index in [4.69, 9.17) is 9.84 Å². The van der Waals surface area contributed by atoms with E-state index < -0.39 is 5.97 Å². The van der Waals surface area contributed by atoms with Crippen LogP contribution in [0.2, 0.25) is 0 Å². The molecule has 0 aliphatic heterocycles. The third kappa shape index (κ3) is 8.52. The molecule has 2 fully saturated rings. The summed E-state index contributed by atoms with van der Waals surface area (Å²) >= 11 is 3.32. The average molecular weight is 596 g/mol. The average Bonchev–Trinajstić information content (AvgIpc) is 3.82. The van der Waals surface area contributed by atoms with Crippen molar-refractivity contribution >= 4 is 33.8 Å². The number of rotatable bonds is 5. The highest BCUT2D eigenvalue weighted by atomic mass is 79.9. The molecule has 6 nitrogen and oxygen atoms in total. The first-order chi connectivity index (χ1) is 18.5. The van der Waals surface area contributed by atoms with Gasteiger partial charge in [-0.2, -0.15) is 0 Å². The van der Waals surface area contributed by atoms with Crippen molar-refractivity contribution in [3.8, 4) is 0 Å². The molecule has 0 heterocycles. The second kappa shape index (κ2) is 13.6. The summed E-state index contributed by atoms with van der Waals surface area (Å²) in [5, 5.41) is 8.81. The largest absolute Gasteiger partial charge is 0.478 e. The van der Waals surface area contributed by atoms with Crippen LogP contribution in [0.3, 0.4) is 0 Å². The Labute approximate surface area is 238 Å². The molecule has 5 rings (SSSR count). The normalized spacial score (nSPS) is 13.7. The molecule has 3 aromatic carbocycles. The van der Waals surface area contributed by atoms with E-state index in [0.29, 0.717) is 22.6 Å². The van der Waals surface area contributed by atoms with Gasteiger partial charge in [0, 0.05) is 4.47 Å². The monoisotopic (exact) mass is 594 g/mol. The van der Waals surface area contributed by atoms with Crippen LogP contribution in [0.5, 0.6) is 0 Å². The smallest absolute Gasteiger partial charge is 0.338 e. The Morgan fingerprint density at radius 1 is 0.667 bits per heavy atom. The zero-order chi connectivity index (χ0) is 28.7. The Bertz CT molecular complexity index is 1350. The molecule has 0 saturated heterocycles. The number of carbonyl (C=O) groups excluding carboxylic acids is 2. The second-order valence-corrected chi connectivity index (χ2v) is 10.9. The van der Waals surface area contributed by atoms with Crippen LogP contribution in [0.15, 0.2) is 59.1 Å². The molecule has 0 atom stereocenters. The minimum Gasteiger partial charge on any atom is -0.478 e. The number of methoxy groups -OCH3 is 2. The summed E-state index contributed by atoms with van der Waals surface area (Å²) in [4.78, 5) is 33.1. The van der Waals surface area contributed by atoms with Gasteiger partial charge in [0.1, 0.15) is 0 Å². The second-order valence-electron chi connectivity index (χ2n) is 9.94. The molecule has 0 bridgehead atoms. The van der Waals surface area contributed by atoms with E-state index >= 15 is 0 Å². The molecule has 0 radical (unpaired) electrons. The highest BCUT2D eigenvalue weighted by Gasteiger charge is 2.25. The molecule has 0 aromatic heterocycles. The zero-order valence-electron chi connectivity index (χ0n) is 23.0. The molecule has 2 aliphatic rings. The summed E-state index contributed by atoms with van der Waals surface area (Å²) < 4.78 is 10.3. The number of carbonyl (C=O) groups is 3. The van der Waals surface area contributed by atoms with Gasteiger partial charge in [0.25, 0.3) is 0 Å².